The van der Waals surface area contributed by atoms with E-state index in [9.17, 15) is 10.2 Å². The van der Waals surface area contributed by atoms with Crippen LogP contribution in [-0.4, -0.2) is 25.5 Å². The van der Waals surface area contributed by atoms with Crippen molar-refractivity contribution in [3.63, 3.8) is 0 Å². The van der Waals surface area contributed by atoms with E-state index in [0.29, 0.717) is 31.6 Å². The molecule has 0 aliphatic carbocycles. The maximum absolute atomic E-state index is 9.56. The first-order valence-corrected chi connectivity index (χ1v) is 17.6. The number of aromatic hydroxyl groups is 5. The predicted molar refractivity (Wildman–Crippen MR) is 219 cm³/mol. The molecule has 274 valence electrons. The van der Waals surface area contributed by atoms with Gasteiger partial charge in [0.05, 0.1) is 5.02 Å². The number of hydrogen-bond donors (Lipinski definition) is 5. The number of phenols is 5. The van der Waals surface area contributed by atoms with Crippen LogP contribution in [0.15, 0.2) is 109 Å². The second-order valence-electron chi connectivity index (χ2n) is 11.6. The number of phenolic OH excluding ortho intramolecular Hbond substituents is 5. The van der Waals surface area contributed by atoms with Crippen LogP contribution in [0.25, 0.3) is 11.1 Å². The Bertz CT molecular complexity index is 1970. The van der Waals surface area contributed by atoms with Gasteiger partial charge in [0.15, 0.2) is 0 Å². The highest BCUT2D eigenvalue weighted by molar-refractivity contribution is 6.37. The van der Waals surface area contributed by atoms with Crippen molar-refractivity contribution in [2.45, 2.75) is 41.5 Å². The van der Waals surface area contributed by atoms with Gasteiger partial charge in [-0.3, -0.25) is 0 Å². The van der Waals surface area contributed by atoms with Crippen molar-refractivity contribution in [1.82, 2.24) is 0 Å². The van der Waals surface area contributed by atoms with E-state index in [-0.39, 0.29) is 17.2 Å². The molecule has 10 heteroatoms. The molecule has 0 atom stereocenters. The lowest BCUT2D eigenvalue weighted by Gasteiger charge is -2.05. The second kappa shape index (κ2) is 21.3. The third-order valence-electron chi connectivity index (χ3n) is 7.29. The topological polar surface area (TPSA) is 101 Å². The SMILES string of the molecule is Cc1cc(Cl)ccc1O.Cc1cc(O)c(Cl)c(C)c1Cl.Cc1cc(O)cc(C)c1Cl.Cc1cc(O)ccc1Cl.Oc1ccccc1-c1ccccc1. The molecule has 0 aromatic heterocycles. The molecule has 0 fully saturated rings. The van der Waals surface area contributed by atoms with E-state index in [0.717, 1.165) is 49.5 Å². The first-order valence-electron chi connectivity index (χ1n) is 15.8. The highest BCUT2D eigenvalue weighted by Gasteiger charge is 2.08. The molecule has 6 aromatic carbocycles. The average Bonchev–Trinajstić information content (AvgIpc) is 3.10. The number of para-hydroxylation sites is 1. The quantitative estimate of drug-likeness (QED) is 0.114. The van der Waals surface area contributed by atoms with Crippen LogP contribution in [0, 0.1) is 41.5 Å². The fourth-order valence-corrected chi connectivity index (χ4v) is 5.22. The summed E-state index contributed by atoms with van der Waals surface area (Å²) in [7, 11) is 0. The van der Waals surface area contributed by atoms with Crippen molar-refractivity contribution in [1.29, 1.82) is 0 Å². The van der Waals surface area contributed by atoms with Crippen molar-refractivity contribution in [3.8, 4) is 39.9 Å². The number of benzene rings is 6. The molecule has 0 bridgehead atoms. The molecule has 52 heavy (non-hydrogen) atoms. The van der Waals surface area contributed by atoms with Gasteiger partial charge in [0, 0.05) is 25.7 Å². The standard InChI is InChI=1S/C12H10O.C8H8Cl2O.C8H9ClO.2C7H7ClO/c13-12-9-5-4-8-11(12)10-6-2-1-3-7-10;1-4-3-6(11)8(10)5(2)7(4)9;1-5-3-7(10)4-6(2)8(5)9;1-5-4-6(9)2-3-7(5)8;1-5-4-6(8)2-3-7(5)9/h1-9,13H;3,11H,1-2H3;3-4,10H,1-2H3;2*2-4,9H,1H3. The monoisotopic (exact) mass is 800 g/mol. The summed E-state index contributed by atoms with van der Waals surface area (Å²) in [6, 6.07) is 31.9. The van der Waals surface area contributed by atoms with E-state index in [1.165, 1.54) is 0 Å². The lowest BCUT2D eigenvalue weighted by molar-refractivity contribution is 0.471. The summed E-state index contributed by atoms with van der Waals surface area (Å²) >= 11 is 28.7. The second-order valence-corrected chi connectivity index (χ2v) is 13.6. The van der Waals surface area contributed by atoms with Gasteiger partial charge in [-0.2, -0.15) is 0 Å². The molecular weight excluding hydrogens is 762 g/mol. The zero-order valence-electron chi connectivity index (χ0n) is 29.5. The molecule has 5 nitrogen and oxygen atoms in total. The molecule has 0 amide bonds. The summed E-state index contributed by atoms with van der Waals surface area (Å²) in [5.41, 5.74) is 7.03. The lowest BCUT2D eigenvalue weighted by atomic mass is 10.1. The van der Waals surface area contributed by atoms with Crippen LogP contribution in [0.5, 0.6) is 28.7 Å². The molecular formula is C42H41Cl5O5. The molecule has 0 aliphatic rings. The van der Waals surface area contributed by atoms with Gasteiger partial charge < -0.3 is 25.5 Å². The molecule has 0 radical (unpaired) electrons. The Kier molecular flexibility index (Phi) is 18.0. The van der Waals surface area contributed by atoms with Gasteiger partial charge in [0.2, 0.25) is 0 Å². The molecule has 5 N–H and O–H groups in total. The maximum Gasteiger partial charge on any atom is 0.134 e. The highest BCUT2D eigenvalue weighted by Crippen LogP contribution is 2.34. The maximum atomic E-state index is 9.56. The van der Waals surface area contributed by atoms with Crippen LogP contribution < -0.4 is 0 Å². The molecule has 6 rings (SSSR count). The zero-order valence-corrected chi connectivity index (χ0v) is 33.3. The van der Waals surface area contributed by atoms with Gasteiger partial charge in [-0.1, -0.05) is 107 Å². The Morgan fingerprint density at radius 1 is 0.385 bits per heavy atom. The molecule has 0 unspecified atom stereocenters. The van der Waals surface area contributed by atoms with Gasteiger partial charge in [0.1, 0.15) is 28.7 Å². The average molecular weight is 803 g/mol. The fourth-order valence-electron chi connectivity index (χ4n) is 4.42. The lowest BCUT2D eigenvalue weighted by Crippen LogP contribution is -1.83. The summed E-state index contributed by atoms with van der Waals surface area (Å²) < 4.78 is 0. The number of hydrogen-bond acceptors (Lipinski definition) is 5. The molecule has 0 aliphatic heterocycles. The molecule has 0 saturated carbocycles. The minimum absolute atomic E-state index is 0.0890. The van der Waals surface area contributed by atoms with Gasteiger partial charge in [0.25, 0.3) is 0 Å². The fraction of sp³-hybridized carbons (Fsp3) is 0.143. The normalized spacial score (nSPS) is 9.83. The van der Waals surface area contributed by atoms with Crippen LogP contribution in [-0.2, 0) is 0 Å². The van der Waals surface area contributed by atoms with Gasteiger partial charge >= 0.3 is 0 Å². The number of rotatable bonds is 1. The Morgan fingerprint density at radius 2 is 0.923 bits per heavy atom. The van der Waals surface area contributed by atoms with Crippen molar-refractivity contribution in [3.05, 3.63) is 168 Å². The third-order valence-corrected chi connectivity index (χ3v) is 9.61. The van der Waals surface area contributed by atoms with E-state index >= 15 is 0 Å². The van der Waals surface area contributed by atoms with Crippen LogP contribution in [0.3, 0.4) is 0 Å². The van der Waals surface area contributed by atoms with Gasteiger partial charge in [-0.25, -0.2) is 0 Å². The van der Waals surface area contributed by atoms with E-state index in [1.807, 2.05) is 76.2 Å². The summed E-state index contributed by atoms with van der Waals surface area (Å²) in [5, 5.41) is 48.7. The smallest absolute Gasteiger partial charge is 0.134 e. The minimum atomic E-state index is 0.0890. The van der Waals surface area contributed by atoms with E-state index in [2.05, 4.69) is 0 Å². The largest absolute Gasteiger partial charge is 0.508 e. The van der Waals surface area contributed by atoms with Crippen molar-refractivity contribution >= 4 is 58.0 Å². The minimum Gasteiger partial charge on any atom is -0.508 e. The number of aryl methyl sites for hydroxylation is 5. The molecule has 0 saturated heterocycles. The summed E-state index contributed by atoms with van der Waals surface area (Å²) in [6.07, 6.45) is 0. The number of halogens is 5. The Balaban J connectivity index is 0.000000227. The van der Waals surface area contributed by atoms with Gasteiger partial charge in [-0.05, 0) is 141 Å². The molecule has 0 heterocycles. The van der Waals surface area contributed by atoms with Gasteiger partial charge in [-0.15, -0.1) is 0 Å². The van der Waals surface area contributed by atoms with Crippen molar-refractivity contribution in [2.75, 3.05) is 0 Å². The highest BCUT2D eigenvalue weighted by atomic mass is 35.5. The van der Waals surface area contributed by atoms with E-state index in [4.69, 9.17) is 73.3 Å². The van der Waals surface area contributed by atoms with Crippen LogP contribution in [0.1, 0.15) is 33.4 Å². The van der Waals surface area contributed by atoms with Crippen molar-refractivity contribution in [2.24, 2.45) is 0 Å². The summed E-state index contributed by atoms with van der Waals surface area (Å²) in [4.78, 5) is 0. The van der Waals surface area contributed by atoms with E-state index in [1.54, 1.807) is 74.5 Å². The van der Waals surface area contributed by atoms with Crippen LogP contribution in [0.4, 0.5) is 0 Å². The Morgan fingerprint density at radius 3 is 1.44 bits per heavy atom. The van der Waals surface area contributed by atoms with Crippen LogP contribution in [0.2, 0.25) is 25.1 Å². The summed E-state index contributed by atoms with van der Waals surface area (Å²) in [6.45, 7) is 11.0. The molecule has 6 aromatic rings. The first-order chi connectivity index (χ1) is 24.4. The zero-order chi connectivity index (χ0) is 39.1. The Labute approximate surface area is 330 Å². The van der Waals surface area contributed by atoms with E-state index < -0.39 is 0 Å². The Hall–Kier alpha value is -4.23. The predicted octanol–water partition coefficient (Wildman–Crippen LogP) is 13.7. The van der Waals surface area contributed by atoms with Crippen molar-refractivity contribution < 1.29 is 25.5 Å². The third kappa shape index (κ3) is 14.1. The molecule has 0 spiro atoms. The first kappa shape index (κ1) is 43.9. The van der Waals surface area contributed by atoms with Crippen LogP contribution >= 0.6 is 58.0 Å². The summed E-state index contributed by atoms with van der Waals surface area (Å²) in [5.74, 6) is 1.25.